The normalized spacial score (nSPS) is 12.2. The summed E-state index contributed by atoms with van der Waals surface area (Å²) in [5.41, 5.74) is -1.27. The fourth-order valence-electron chi connectivity index (χ4n) is 3.34. The van der Waals surface area contributed by atoms with Crippen molar-refractivity contribution in [2.45, 2.75) is 12.6 Å². The molecule has 0 aromatic heterocycles. The third-order valence-electron chi connectivity index (χ3n) is 4.99. The van der Waals surface area contributed by atoms with Gasteiger partial charge in [0.15, 0.2) is 0 Å². The van der Waals surface area contributed by atoms with Crippen molar-refractivity contribution in [3.63, 3.8) is 0 Å². The van der Waals surface area contributed by atoms with Crippen molar-refractivity contribution in [3.05, 3.63) is 94.0 Å². The second-order valence-corrected chi connectivity index (χ2v) is 7.21. The lowest BCUT2D eigenvalue weighted by atomic mass is 9.95. The number of anilines is 2. The van der Waals surface area contributed by atoms with Crippen LogP contribution in [0.4, 0.5) is 30.2 Å². The molecule has 0 heterocycles. The number of benzene rings is 3. The van der Waals surface area contributed by atoms with Crippen LogP contribution < -0.4 is 4.90 Å². The summed E-state index contributed by atoms with van der Waals surface area (Å²) in [6.07, 6.45) is -5.12. The number of carbonyl (C=O) groups is 1. The van der Waals surface area contributed by atoms with Crippen LogP contribution in [0.5, 0.6) is 5.75 Å². The van der Waals surface area contributed by atoms with Crippen LogP contribution in [0, 0.1) is 16.0 Å². The number of nitro benzene ring substituents is 1. The van der Waals surface area contributed by atoms with Gasteiger partial charge in [0.25, 0.3) is 5.69 Å². The molecule has 33 heavy (non-hydrogen) atoms. The molecule has 2 N–H and O–H groups in total. The van der Waals surface area contributed by atoms with E-state index in [0.29, 0.717) is 23.5 Å². The summed E-state index contributed by atoms with van der Waals surface area (Å²) in [5, 5.41) is 30.9. The molecule has 1 atom stereocenters. The first kappa shape index (κ1) is 23.7. The van der Waals surface area contributed by atoms with Crippen LogP contribution in [0.3, 0.4) is 0 Å². The van der Waals surface area contributed by atoms with Gasteiger partial charge in [-0.2, -0.15) is 13.2 Å². The summed E-state index contributed by atoms with van der Waals surface area (Å²) in [5.74, 6) is -1.84. The number of nitrogens with zero attached hydrogens (tertiary/aromatic N) is 2. The second-order valence-electron chi connectivity index (χ2n) is 7.21. The van der Waals surface area contributed by atoms with E-state index in [1.807, 2.05) is 0 Å². The van der Waals surface area contributed by atoms with Gasteiger partial charge in [-0.1, -0.05) is 24.3 Å². The van der Waals surface area contributed by atoms with E-state index < -0.39 is 40.8 Å². The molecule has 172 valence electrons. The molecule has 0 aliphatic heterocycles. The summed E-state index contributed by atoms with van der Waals surface area (Å²) in [7, 11) is 0. The molecular weight excluding hydrogens is 441 g/mol. The summed E-state index contributed by atoms with van der Waals surface area (Å²) >= 11 is 0. The summed E-state index contributed by atoms with van der Waals surface area (Å²) in [6.45, 7) is -0.696. The van der Waals surface area contributed by atoms with Gasteiger partial charge in [-0.05, 0) is 48.9 Å². The Balaban J connectivity index is 1.99. The molecule has 0 saturated carbocycles. The highest BCUT2D eigenvalue weighted by Gasteiger charge is 2.34. The largest absolute Gasteiger partial charge is 0.508 e. The molecule has 3 rings (SSSR count). The number of aromatic hydroxyl groups is 1. The van der Waals surface area contributed by atoms with Gasteiger partial charge in [0.1, 0.15) is 5.75 Å². The van der Waals surface area contributed by atoms with E-state index in [1.54, 1.807) is 30.3 Å². The van der Waals surface area contributed by atoms with Gasteiger partial charge >= 0.3 is 6.18 Å². The average molecular weight is 460 g/mol. The van der Waals surface area contributed by atoms with Gasteiger partial charge < -0.3 is 10.2 Å². The molecule has 0 fully saturated rings. The Morgan fingerprint density at radius 2 is 1.61 bits per heavy atom. The Kier molecular flexibility index (Phi) is 6.98. The highest BCUT2D eigenvalue weighted by Crippen LogP contribution is 2.35. The molecule has 0 radical (unpaired) electrons. The number of phenolic OH excluding ortho intramolecular Hbond substituents is 1. The predicted molar refractivity (Wildman–Crippen MR) is 114 cm³/mol. The van der Waals surface area contributed by atoms with Gasteiger partial charge in [0, 0.05) is 23.0 Å². The molecule has 0 saturated heterocycles. The monoisotopic (exact) mass is 460 g/mol. The number of hydrogen-bond acceptors (Lipinski definition) is 5. The van der Waals surface area contributed by atoms with Crippen LogP contribution in [0.25, 0.3) is 0 Å². The van der Waals surface area contributed by atoms with Crippen molar-refractivity contribution >= 4 is 23.0 Å². The maximum atomic E-state index is 13.4. The molecule has 1 unspecified atom stereocenters. The molecule has 1 amide bonds. The number of phenols is 1. The zero-order valence-corrected chi connectivity index (χ0v) is 17.1. The first-order valence-corrected chi connectivity index (χ1v) is 9.75. The molecule has 3 aromatic carbocycles. The molecule has 0 spiro atoms. The predicted octanol–water partition coefficient (Wildman–Crippen LogP) is 4.84. The van der Waals surface area contributed by atoms with Gasteiger partial charge in [0.2, 0.25) is 5.91 Å². The number of aliphatic hydroxyl groups is 1. The topological polar surface area (TPSA) is 104 Å². The lowest BCUT2D eigenvalue weighted by Crippen LogP contribution is -2.35. The van der Waals surface area contributed by atoms with E-state index in [1.165, 1.54) is 29.2 Å². The molecule has 7 nitrogen and oxygen atoms in total. The SMILES string of the molecule is O=C(C(CO)Cc1ccc(C(F)(F)F)cc1[N+](=O)[O-])N(c1ccccc1)c1ccc(O)cc1. The first-order chi connectivity index (χ1) is 15.6. The Morgan fingerprint density at radius 3 is 2.15 bits per heavy atom. The van der Waals surface area contributed by atoms with E-state index in [0.717, 1.165) is 6.07 Å². The lowest BCUT2D eigenvalue weighted by molar-refractivity contribution is -0.385. The van der Waals surface area contributed by atoms with E-state index in [2.05, 4.69) is 0 Å². The van der Waals surface area contributed by atoms with E-state index in [4.69, 9.17) is 0 Å². The number of hydrogen-bond donors (Lipinski definition) is 2. The van der Waals surface area contributed by atoms with Crippen molar-refractivity contribution in [2.24, 2.45) is 5.92 Å². The Hall–Kier alpha value is -3.92. The fraction of sp³-hybridized carbons (Fsp3) is 0.174. The number of aliphatic hydroxyl groups excluding tert-OH is 1. The van der Waals surface area contributed by atoms with Crippen molar-refractivity contribution in [1.82, 2.24) is 0 Å². The maximum Gasteiger partial charge on any atom is 0.416 e. The third-order valence-corrected chi connectivity index (χ3v) is 4.99. The Labute approximate surface area is 186 Å². The van der Waals surface area contributed by atoms with Crippen LogP contribution in [0.1, 0.15) is 11.1 Å². The second kappa shape index (κ2) is 9.70. The summed E-state index contributed by atoms with van der Waals surface area (Å²) in [6, 6.07) is 16.2. The Morgan fingerprint density at radius 1 is 1.00 bits per heavy atom. The minimum absolute atomic E-state index is 0.0294. The van der Waals surface area contributed by atoms with Crippen LogP contribution >= 0.6 is 0 Å². The van der Waals surface area contributed by atoms with Crippen molar-refractivity contribution in [2.75, 3.05) is 11.5 Å². The molecular formula is C23H19F3N2O5. The average Bonchev–Trinajstić information content (AvgIpc) is 2.78. The van der Waals surface area contributed by atoms with E-state index in [9.17, 15) is 38.3 Å². The quantitative estimate of drug-likeness (QED) is 0.388. The molecule has 3 aromatic rings. The zero-order valence-electron chi connectivity index (χ0n) is 17.1. The van der Waals surface area contributed by atoms with Crippen LogP contribution in [0.2, 0.25) is 0 Å². The molecule has 0 aliphatic rings. The number of nitro groups is 1. The zero-order chi connectivity index (χ0) is 24.2. The fourth-order valence-corrected chi connectivity index (χ4v) is 3.34. The van der Waals surface area contributed by atoms with E-state index >= 15 is 0 Å². The highest BCUT2D eigenvalue weighted by atomic mass is 19.4. The minimum Gasteiger partial charge on any atom is -0.508 e. The molecule has 10 heteroatoms. The summed E-state index contributed by atoms with van der Waals surface area (Å²) < 4.78 is 39.0. The number of rotatable bonds is 7. The number of carbonyl (C=O) groups excluding carboxylic acids is 1. The third kappa shape index (κ3) is 5.47. The maximum absolute atomic E-state index is 13.4. The van der Waals surface area contributed by atoms with Crippen LogP contribution in [-0.2, 0) is 17.4 Å². The van der Waals surface area contributed by atoms with Gasteiger partial charge in [-0.25, -0.2) is 0 Å². The van der Waals surface area contributed by atoms with Gasteiger partial charge in [0.05, 0.1) is 23.0 Å². The van der Waals surface area contributed by atoms with Crippen LogP contribution in [0.15, 0.2) is 72.8 Å². The highest BCUT2D eigenvalue weighted by molar-refractivity contribution is 6.02. The standard InChI is InChI=1S/C23H19F3N2O5/c24-23(25,26)17-7-6-15(21(13-17)28(32)33)12-16(14-29)22(31)27(18-4-2-1-3-5-18)19-8-10-20(30)11-9-19/h1-11,13,16,29-30H,12,14H2. The lowest BCUT2D eigenvalue weighted by Gasteiger charge is -2.27. The van der Waals surface area contributed by atoms with Gasteiger partial charge in [-0.15, -0.1) is 0 Å². The Bertz CT molecular complexity index is 1140. The first-order valence-electron chi connectivity index (χ1n) is 9.75. The van der Waals surface area contributed by atoms with Crippen molar-refractivity contribution in [1.29, 1.82) is 0 Å². The number of halogens is 3. The van der Waals surface area contributed by atoms with Crippen molar-refractivity contribution < 1.29 is 33.1 Å². The van der Waals surface area contributed by atoms with Crippen molar-refractivity contribution in [3.8, 4) is 5.75 Å². The number of para-hydroxylation sites is 1. The number of alkyl halides is 3. The van der Waals surface area contributed by atoms with Gasteiger partial charge in [-0.3, -0.25) is 19.8 Å². The molecule has 0 aliphatic carbocycles. The number of amides is 1. The molecule has 0 bridgehead atoms. The smallest absolute Gasteiger partial charge is 0.416 e. The van der Waals surface area contributed by atoms with E-state index in [-0.39, 0.29) is 17.7 Å². The minimum atomic E-state index is -4.77. The summed E-state index contributed by atoms with van der Waals surface area (Å²) in [4.78, 5) is 25.2. The van der Waals surface area contributed by atoms with Crippen LogP contribution in [-0.4, -0.2) is 27.7 Å².